The van der Waals surface area contributed by atoms with Crippen molar-refractivity contribution in [2.24, 2.45) is 5.41 Å². The van der Waals surface area contributed by atoms with Crippen LogP contribution in [-0.4, -0.2) is 19.0 Å². The summed E-state index contributed by atoms with van der Waals surface area (Å²) >= 11 is 3.27. The molecule has 0 aliphatic carbocycles. The maximum atomic E-state index is 11.8. The quantitative estimate of drug-likeness (QED) is 0.847. The van der Waals surface area contributed by atoms with Crippen LogP contribution in [0.3, 0.4) is 0 Å². The van der Waals surface area contributed by atoms with Gasteiger partial charge in [0.1, 0.15) is 5.75 Å². The molecule has 1 N–H and O–H groups in total. The minimum absolute atomic E-state index is 0.356. The molecular weight excluding hydrogens is 314 g/mol. The van der Waals surface area contributed by atoms with Crippen molar-refractivity contribution in [3.8, 4) is 5.75 Å². The van der Waals surface area contributed by atoms with Gasteiger partial charge in [0, 0.05) is 5.56 Å². The summed E-state index contributed by atoms with van der Waals surface area (Å²) in [5.41, 5.74) is 1.80. The first-order valence-electron chi connectivity index (χ1n) is 5.61. The highest BCUT2D eigenvalue weighted by Crippen LogP contribution is 2.25. The van der Waals surface area contributed by atoms with E-state index in [1.54, 1.807) is 39.0 Å². The van der Waals surface area contributed by atoms with Gasteiger partial charge in [0.2, 0.25) is 0 Å². The van der Waals surface area contributed by atoms with Crippen LogP contribution < -0.4 is 10.2 Å². The highest BCUT2D eigenvalue weighted by atomic mass is 79.9. The van der Waals surface area contributed by atoms with E-state index in [0.29, 0.717) is 15.8 Å². The van der Waals surface area contributed by atoms with Crippen molar-refractivity contribution in [1.82, 2.24) is 5.48 Å². The lowest BCUT2D eigenvalue weighted by molar-refractivity contribution is -0.158. The highest BCUT2D eigenvalue weighted by molar-refractivity contribution is 9.10. The van der Waals surface area contributed by atoms with Crippen LogP contribution in [0.5, 0.6) is 5.75 Å². The number of hydrogen-bond acceptors (Lipinski definition) is 4. The molecule has 5 nitrogen and oxygen atoms in total. The predicted octanol–water partition coefficient (Wildman–Crippen LogP) is 2.69. The molecule has 0 unspecified atom stereocenters. The highest BCUT2D eigenvalue weighted by Gasteiger charge is 2.24. The molecule has 6 heteroatoms. The van der Waals surface area contributed by atoms with Gasteiger partial charge < -0.3 is 9.57 Å². The second-order valence-electron chi connectivity index (χ2n) is 4.92. The number of nitrogens with one attached hydrogen (secondary N) is 1. The van der Waals surface area contributed by atoms with Gasteiger partial charge in [0.15, 0.2) is 0 Å². The second-order valence-corrected chi connectivity index (χ2v) is 5.77. The average molecular weight is 330 g/mol. The van der Waals surface area contributed by atoms with Gasteiger partial charge in [-0.15, -0.1) is 0 Å². The Bertz CT molecular complexity index is 494. The Hall–Kier alpha value is -1.56. The largest absolute Gasteiger partial charge is 0.496 e. The van der Waals surface area contributed by atoms with Crippen molar-refractivity contribution in [2.45, 2.75) is 20.8 Å². The topological polar surface area (TPSA) is 64.6 Å². The molecule has 0 aliphatic heterocycles. The molecule has 0 saturated carbocycles. The lowest BCUT2D eigenvalue weighted by Gasteiger charge is -2.16. The fourth-order valence-electron chi connectivity index (χ4n) is 1.11. The van der Waals surface area contributed by atoms with E-state index >= 15 is 0 Å². The number of amides is 1. The molecule has 0 atom stereocenters. The molecule has 1 aromatic carbocycles. The molecule has 0 spiro atoms. The standard InChI is InChI=1S/C13H16BrNO4/c1-13(2,3)12(17)19-15-11(16)8-5-6-10(18-4)9(14)7-8/h5-7H,1-4H3,(H,15,16). The van der Waals surface area contributed by atoms with Gasteiger partial charge in [-0.05, 0) is 54.9 Å². The molecule has 1 rings (SSSR count). The molecule has 0 aromatic heterocycles. The van der Waals surface area contributed by atoms with E-state index in [2.05, 4.69) is 21.4 Å². The zero-order valence-corrected chi connectivity index (χ0v) is 12.8. The van der Waals surface area contributed by atoms with Gasteiger partial charge >= 0.3 is 5.97 Å². The molecule has 104 valence electrons. The van der Waals surface area contributed by atoms with E-state index in [1.165, 1.54) is 7.11 Å². The number of ether oxygens (including phenoxy) is 1. The summed E-state index contributed by atoms with van der Waals surface area (Å²) in [6, 6.07) is 4.80. The van der Waals surface area contributed by atoms with Crippen molar-refractivity contribution in [3.63, 3.8) is 0 Å². The van der Waals surface area contributed by atoms with Crippen LogP contribution in [0.4, 0.5) is 0 Å². The molecule has 0 saturated heterocycles. The Morgan fingerprint density at radius 2 is 1.89 bits per heavy atom. The second kappa shape index (κ2) is 6.06. The first-order valence-corrected chi connectivity index (χ1v) is 6.40. The predicted molar refractivity (Wildman–Crippen MR) is 73.7 cm³/mol. The maximum Gasteiger partial charge on any atom is 0.337 e. The molecule has 0 radical (unpaired) electrons. The maximum absolute atomic E-state index is 11.8. The molecule has 19 heavy (non-hydrogen) atoms. The van der Waals surface area contributed by atoms with Crippen LogP contribution in [0.2, 0.25) is 0 Å². The molecule has 0 bridgehead atoms. The summed E-state index contributed by atoms with van der Waals surface area (Å²) in [6.45, 7) is 5.10. The third-order valence-corrected chi connectivity index (χ3v) is 2.88. The molecule has 0 heterocycles. The van der Waals surface area contributed by atoms with Crippen molar-refractivity contribution in [2.75, 3.05) is 7.11 Å². The molecule has 0 aliphatic rings. The fraction of sp³-hybridized carbons (Fsp3) is 0.385. The third-order valence-electron chi connectivity index (χ3n) is 2.26. The summed E-state index contributed by atoms with van der Waals surface area (Å²) in [6.07, 6.45) is 0. The summed E-state index contributed by atoms with van der Waals surface area (Å²) in [5, 5.41) is 0. The summed E-state index contributed by atoms with van der Waals surface area (Å²) in [4.78, 5) is 28.0. The van der Waals surface area contributed by atoms with Gasteiger partial charge in [-0.1, -0.05) is 0 Å². The van der Waals surface area contributed by atoms with Crippen molar-refractivity contribution >= 4 is 27.8 Å². The van der Waals surface area contributed by atoms with Gasteiger partial charge in [-0.3, -0.25) is 4.79 Å². The summed E-state index contributed by atoms with van der Waals surface area (Å²) in [5.74, 6) is -0.391. The number of methoxy groups -OCH3 is 1. The van der Waals surface area contributed by atoms with E-state index in [1.807, 2.05) is 0 Å². The first-order chi connectivity index (χ1) is 8.75. The smallest absolute Gasteiger partial charge is 0.337 e. The molecule has 1 aromatic rings. The number of hydroxylamine groups is 1. The Morgan fingerprint density at radius 1 is 1.26 bits per heavy atom. The Balaban J connectivity index is 2.69. The zero-order chi connectivity index (χ0) is 14.6. The van der Waals surface area contributed by atoms with E-state index in [0.717, 1.165) is 0 Å². The fourth-order valence-corrected chi connectivity index (χ4v) is 1.65. The van der Waals surface area contributed by atoms with E-state index in [9.17, 15) is 9.59 Å². The van der Waals surface area contributed by atoms with Crippen LogP contribution in [0.25, 0.3) is 0 Å². The van der Waals surface area contributed by atoms with Gasteiger partial charge in [-0.2, -0.15) is 5.48 Å². The minimum atomic E-state index is -0.673. The van der Waals surface area contributed by atoms with Gasteiger partial charge in [0.05, 0.1) is 17.0 Å². The van der Waals surface area contributed by atoms with Gasteiger partial charge in [0.25, 0.3) is 5.91 Å². The molecule has 1 amide bonds. The zero-order valence-electron chi connectivity index (χ0n) is 11.2. The Morgan fingerprint density at radius 3 is 2.37 bits per heavy atom. The van der Waals surface area contributed by atoms with Crippen LogP contribution in [0.15, 0.2) is 22.7 Å². The Labute approximate surface area is 120 Å². The number of carbonyl (C=O) groups is 2. The first kappa shape index (κ1) is 15.5. The number of benzene rings is 1. The van der Waals surface area contributed by atoms with Crippen LogP contribution >= 0.6 is 15.9 Å². The van der Waals surface area contributed by atoms with E-state index < -0.39 is 17.3 Å². The number of hydrogen-bond donors (Lipinski definition) is 1. The minimum Gasteiger partial charge on any atom is -0.496 e. The lowest BCUT2D eigenvalue weighted by atomic mass is 9.98. The van der Waals surface area contributed by atoms with Gasteiger partial charge in [-0.25, -0.2) is 4.79 Å². The van der Waals surface area contributed by atoms with E-state index in [-0.39, 0.29) is 0 Å². The van der Waals surface area contributed by atoms with Crippen molar-refractivity contribution in [1.29, 1.82) is 0 Å². The average Bonchev–Trinajstić information content (AvgIpc) is 2.34. The number of carbonyl (C=O) groups excluding carboxylic acids is 2. The van der Waals surface area contributed by atoms with Crippen LogP contribution in [0, 0.1) is 5.41 Å². The monoisotopic (exact) mass is 329 g/mol. The number of halogens is 1. The van der Waals surface area contributed by atoms with Crippen molar-refractivity contribution < 1.29 is 19.2 Å². The summed E-state index contributed by atoms with van der Waals surface area (Å²) < 4.78 is 5.70. The summed E-state index contributed by atoms with van der Waals surface area (Å²) in [7, 11) is 1.53. The Kier molecular flexibility index (Phi) is 4.94. The molecule has 0 fully saturated rings. The molecular formula is C13H16BrNO4. The van der Waals surface area contributed by atoms with E-state index in [4.69, 9.17) is 9.57 Å². The number of rotatable bonds is 2. The normalized spacial score (nSPS) is 10.8. The van der Waals surface area contributed by atoms with Crippen LogP contribution in [0.1, 0.15) is 31.1 Å². The van der Waals surface area contributed by atoms with Crippen LogP contribution in [-0.2, 0) is 9.63 Å². The lowest BCUT2D eigenvalue weighted by Crippen LogP contribution is -2.33. The SMILES string of the molecule is COc1ccc(C(=O)NOC(=O)C(C)(C)C)cc1Br. The third kappa shape index (κ3) is 4.24. The van der Waals surface area contributed by atoms with Crippen molar-refractivity contribution in [3.05, 3.63) is 28.2 Å².